The molecule has 0 bridgehead atoms. The van der Waals surface area contributed by atoms with E-state index in [0.29, 0.717) is 25.4 Å². The van der Waals surface area contributed by atoms with Crippen molar-refractivity contribution in [3.05, 3.63) is 16.6 Å². The summed E-state index contributed by atoms with van der Waals surface area (Å²) in [6, 6.07) is 1.80. The molecule has 1 aliphatic heterocycles. The SMILES string of the molecule is CCOC1CN(C(=O)c2cc(C)sn2)CC1CO. The Bertz CT molecular complexity index is 421. The van der Waals surface area contributed by atoms with Crippen molar-refractivity contribution in [3.63, 3.8) is 0 Å². The van der Waals surface area contributed by atoms with Gasteiger partial charge in [0.1, 0.15) is 5.69 Å². The van der Waals surface area contributed by atoms with Crippen LogP contribution in [0.5, 0.6) is 0 Å². The molecule has 18 heavy (non-hydrogen) atoms. The van der Waals surface area contributed by atoms with Crippen LogP contribution < -0.4 is 0 Å². The Morgan fingerprint density at radius 2 is 2.44 bits per heavy atom. The fourth-order valence-electron chi connectivity index (χ4n) is 2.21. The maximum atomic E-state index is 12.2. The molecule has 1 saturated heterocycles. The molecule has 1 amide bonds. The minimum absolute atomic E-state index is 0.00799. The molecule has 1 fully saturated rings. The van der Waals surface area contributed by atoms with E-state index >= 15 is 0 Å². The predicted molar refractivity (Wildman–Crippen MR) is 68.7 cm³/mol. The normalized spacial score (nSPS) is 23.6. The number of aliphatic hydroxyl groups excluding tert-OH is 1. The van der Waals surface area contributed by atoms with Crippen LogP contribution in [-0.4, -0.2) is 52.7 Å². The maximum Gasteiger partial charge on any atom is 0.273 e. The van der Waals surface area contributed by atoms with Crippen molar-refractivity contribution in [3.8, 4) is 0 Å². The molecule has 2 heterocycles. The molecule has 1 aromatic heterocycles. The number of aromatic nitrogens is 1. The van der Waals surface area contributed by atoms with Gasteiger partial charge in [-0.05, 0) is 31.4 Å². The van der Waals surface area contributed by atoms with E-state index in [9.17, 15) is 9.90 Å². The standard InChI is InChI=1S/C12H18N2O3S/c1-3-17-11-6-14(5-9(11)7-15)12(16)10-4-8(2)18-13-10/h4,9,11,15H,3,5-7H2,1-2H3. The zero-order valence-corrected chi connectivity index (χ0v) is 11.4. The predicted octanol–water partition coefficient (Wildman–Crippen LogP) is 0.921. The summed E-state index contributed by atoms with van der Waals surface area (Å²) in [5.41, 5.74) is 0.492. The summed E-state index contributed by atoms with van der Waals surface area (Å²) in [6.45, 7) is 5.56. The van der Waals surface area contributed by atoms with E-state index in [4.69, 9.17) is 4.74 Å². The number of likely N-dealkylation sites (tertiary alicyclic amines) is 1. The van der Waals surface area contributed by atoms with Crippen LogP contribution in [0.4, 0.5) is 0 Å². The highest BCUT2D eigenvalue weighted by molar-refractivity contribution is 7.05. The number of amides is 1. The van der Waals surface area contributed by atoms with Gasteiger partial charge in [0.05, 0.1) is 12.7 Å². The molecule has 6 heteroatoms. The van der Waals surface area contributed by atoms with Gasteiger partial charge in [-0.2, -0.15) is 4.37 Å². The Morgan fingerprint density at radius 3 is 3.00 bits per heavy atom. The van der Waals surface area contributed by atoms with Crippen LogP contribution in [0.25, 0.3) is 0 Å². The number of ether oxygens (including phenoxy) is 1. The fourth-order valence-corrected chi connectivity index (χ4v) is 2.75. The summed E-state index contributed by atoms with van der Waals surface area (Å²) in [4.78, 5) is 14.9. The van der Waals surface area contributed by atoms with Crippen molar-refractivity contribution in [1.82, 2.24) is 9.27 Å². The first kappa shape index (κ1) is 13.5. The summed E-state index contributed by atoms with van der Waals surface area (Å²) in [5.74, 6) is -0.0614. The minimum Gasteiger partial charge on any atom is -0.396 e. The van der Waals surface area contributed by atoms with Gasteiger partial charge < -0.3 is 14.7 Å². The van der Waals surface area contributed by atoms with Crippen LogP contribution in [0.3, 0.4) is 0 Å². The molecule has 0 aromatic carbocycles. The number of hydrogen-bond acceptors (Lipinski definition) is 5. The number of aliphatic hydroxyl groups is 1. The first-order valence-electron chi connectivity index (χ1n) is 6.10. The number of aryl methyl sites for hydroxylation is 1. The molecular formula is C12H18N2O3S. The van der Waals surface area contributed by atoms with Gasteiger partial charge in [-0.25, -0.2) is 0 Å². The van der Waals surface area contributed by atoms with Crippen LogP contribution in [-0.2, 0) is 4.74 Å². The van der Waals surface area contributed by atoms with Gasteiger partial charge >= 0.3 is 0 Å². The van der Waals surface area contributed by atoms with E-state index in [1.165, 1.54) is 11.5 Å². The first-order valence-corrected chi connectivity index (χ1v) is 6.88. The molecule has 1 aliphatic rings. The number of carbonyl (C=O) groups is 1. The molecular weight excluding hydrogens is 252 g/mol. The summed E-state index contributed by atoms with van der Waals surface area (Å²) < 4.78 is 9.69. The van der Waals surface area contributed by atoms with E-state index in [2.05, 4.69) is 4.37 Å². The topological polar surface area (TPSA) is 62.7 Å². The quantitative estimate of drug-likeness (QED) is 0.884. The van der Waals surface area contributed by atoms with Crippen molar-refractivity contribution in [2.75, 3.05) is 26.3 Å². The summed E-state index contributed by atoms with van der Waals surface area (Å²) in [6.07, 6.45) is -0.0660. The van der Waals surface area contributed by atoms with Crippen molar-refractivity contribution >= 4 is 17.4 Å². The van der Waals surface area contributed by atoms with E-state index in [-0.39, 0.29) is 24.5 Å². The van der Waals surface area contributed by atoms with Crippen molar-refractivity contribution in [1.29, 1.82) is 0 Å². The Hall–Kier alpha value is -0.980. The van der Waals surface area contributed by atoms with Crippen LogP contribution >= 0.6 is 11.5 Å². The Kier molecular flexibility index (Phi) is 4.31. The van der Waals surface area contributed by atoms with Gasteiger partial charge in [0.15, 0.2) is 0 Å². The highest BCUT2D eigenvalue weighted by atomic mass is 32.1. The monoisotopic (exact) mass is 270 g/mol. The number of rotatable bonds is 4. The third kappa shape index (κ3) is 2.71. The van der Waals surface area contributed by atoms with Crippen molar-refractivity contribution in [2.45, 2.75) is 20.0 Å². The minimum atomic E-state index is -0.0694. The van der Waals surface area contributed by atoms with Gasteiger partial charge in [-0.3, -0.25) is 4.79 Å². The highest BCUT2D eigenvalue weighted by Crippen LogP contribution is 2.22. The zero-order valence-electron chi connectivity index (χ0n) is 10.6. The van der Waals surface area contributed by atoms with Gasteiger partial charge in [0, 0.05) is 30.5 Å². The smallest absolute Gasteiger partial charge is 0.273 e. The lowest BCUT2D eigenvalue weighted by atomic mass is 10.1. The van der Waals surface area contributed by atoms with Gasteiger partial charge in [0.25, 0.3) is 5.91 Å². The summed E-state index contributed by atoms with van der Waals surface area (Å²) in [5, 5.41) is 9.31. The number of hydrogen-bond donors (Lipinski definition) is 1. The lowest BCUT2D eigenvalue weighted by Crippen LogP contribution is -2.30. The van der Waals surface area contributed by atoms with E-state index < -0.39 is 0 Å². The maximum absolute atomic E-state index is 12.2. The zero-order chi connectivity index (χ0) is 13.1. The van der Waals surface area contributed by atoms with E-state index in [0.717, 1.165) is 4.88 Å². The number of nitrogens with zero attached hydrogens (tertiary/aromatic N) is 2. The third-order valence-corrected chi connectivity index (χ3v) is 3.82. The molecule has 2 rings (SSSR count). The second-order valence-electron chi connectivity index (χ2n) is 4.47. The highest BCUT2D eigenvalue weighted by Gasteiger charge is 2.36. The second kappa shape index (κ2) is 5.77. The summed E-state index contributed by atoms with van der Waals surface area (Å²) in [7, 11) is 0. The van der Waals surface area contributed by atoms with E-state index in [1.807, 2.05) is 13.8 Å². The molecule has 0 radical (unpaired) electrons. The first-order chi connectivity index (χ1) is 8.65. The average Bonchev–Trinajstić information content (AvgIpc) is 2.95. The molecule has 5 nitrogen and oxygen atoms in total. The molecule has 2 atom stereocenters. The summed E-state index contributed by atoms with van der Waals surface area (Å²) >= 11 is 1.33. The molecule has 1 aromatic rings. The molecule has 0 saturated carbocycles. The largest absolute Gasteiger partial charge is 0.396 e. The molecule has 100 valence electrons. The van der Waals surface area contributed by atoms with Crippen molar-refractivity contribution < 1.29 is 14.6 Å². The average molecular weight is 270 g/mol. The molecule has 0 aliphatic carbocycles. The van der Waals surface area contributed by atoms with Gasteiger partial charge in [0.2, 0.25) is 0 Å². The number of carbonyl (C=O) groups excluding carboxylic acids is 1. The lowest BCUT2D eigenvalue weighted by molar-refractivity contribution is 0.0258. The Morgan fingerprint density at radius 1 is 1.67 bits per heavy atom. The fraction of sp³-hybridized carbons (Fsp3) is 0.667. The Balaban J connectivity index is 2.04. The molecule has 1 N–H and O–H groups in total. The van der Waals surface area contributed by atoms with Crippen LogP contribution in [0.15, 0.2) is 6.07 Å². The Labute approximate surface area is 111 Å². The van der Waals surface area contributed by atoms with E-state index in [1.54, 1.807) is 11.0 Å². The van der Waals surface area contributed by atoms with Gasteiger partial charge in [-0.1, -0.05) is 0 Å². The second-order valence-corrected chi connectivity index (χ2v) is 5.48. The van der Waals surface area contributed by atoms with Crippen LogP contribution in [0, 0.1) is 12.8 Å². The molecule has 0 spiro atoms. The van der Waals surface area contributed by atoms with Crippen molar-refractivity contribution in [2.24, 2.45) is 5.92 Å². The molecule has 2 unspecified atom stereocenters. The van der Waals surface area contributed by atoms with Crippen LogP contribution in [0.2, 0.25) is 0 Å². The lowest BCUT2D eigenvalue weighted by Gasteiger charge is -2.15. The third-order valence-electron chi connectivity index (χ3n) is 3.13. The van der Waals surface area contributed by atoms with Crippen LogP contribution in [0.1, 0.15) is 22.3 Å². The van der Waals surface area contributed by atoms with Gasteiger partial charge in [-0.15, -0.1) is 0 Å².